The molecule has 0 atom stereocenters. The minimum atomic E-state index is 0.677. The zero-order valence-corrected chi connectivity index (χ0v) is 8.63. The van der Waals surface area contributed by atoms with E-state index in [0.29, 0.717) is 3.95 Å². The largest absolute Gasteiger partial charge is 0.282 e. The van der Waals surface area contributed by atoms with Gasteiger partial charge in [-0.2, -0.15) is 10.2 Å². The molecular weight excluding hydrogens is 204 g/mol. The van der Waals surface area contributed by atoms with Crippen molar-refractivity contribution in [2.45, 2.75) is 13.3 Å². The van der Waals surface area contributed by atoms with Crippen molar-refractivity contribution in [3.63, 3.8) is 0 Å². The molecule has 2 rings (SSSR count). The van der Waals surface area contributed by atoms with Crippen molar-refractivity contribution < 1.29 is 0 Å². The monoisotopic (exact) mass is 212 g/mol. The van der Waals surface area contributed by atoms with Gasteiger partial charge in [0.05, 0.1) is 0 Å². The third-order valence-corrected chi connectivity index (χ3v) is 2.78. The summed E-state index contributed by atoms with van der Waals surface area (Å²) in [5.74, 6) is 0. The molecule has 0 bridgehead atoms. The van der Waals surface area contributed by atoms with Crippen molar-refractivity contribution in [1.29, 1.82) is 0 Å². The van der Waals surface area contributed by atoms with Gasteiger partial charge >= 0.3 is 0 Å². The van der Waals surface area contributed by atoms with E-state index in [1.165, 1.54) is 11.3 Å². The predicted molar refractivity (Wildman–Crippen MR) is 54.3 cm³/mol. The molecule has 0 amide bonds. The molecule has 68 valence electrons. The van der Waals surface area contributed by atoms with Crippen LogP contribution in [0.3, 0.4) is 0 Å². The summed E-state index contributed by atoms with van der Waals surface area (Å²) < 4.78 is 0.677. The van der Waals surface area contributed by atoms with E-state index in [2.05, 4.69) is 27.3 Å². The highest BCUT2D eigenvalue weighted by Crippen LogP contribution is 2.19. The third-order valence-electron chi connectivity index (χ3n) is 1.67. The maximum atomic E-state index is 4.93. The van der Waals surface area contributed by atoms with Crippen molar-refractivity contribution in [2.24, 2.45) is 0 Å². The van der Waals surface area contributed by atoms with Crippen LogP contribution in [-0.2, 0) is 6.42 Å². The average molecular weight is 212 g/mol. The Morgan fingerprint density at radius 1 is 1.46 bits per heavy atom. The molecule has 2 N–H and O–H groups in total. The number of aryl methyl sites for hydroxylation is 1. The van der Waals surface area contributed by atoms with Crippen LogP contribution in [-0.4, -0.2) is 20.4 Å². The van der Waals surface area contributed by atoms with Gasteiger partial charge in [0.2, 0.25) is 0 Å². The first-order valence-corrected chi connectivity index (χ1v) is 5.12. The number of nitrogens with one attached hydrogen (secondary N) is 2. The van der Waals surface area contributed by atoms with Crippen LogP contribution in [0.2, 0.25) is 0 Å². The summed E-state index contributed by atoms with van der Waals surface area (Å²) in [6.45, 7) is 2.07. The summed E-state index contributed by atoms with van der Waals surface area (Å²) in [5, 5.41) is 14.7. The quantitative estimate of drug-likeness (QED) is 0.750. The van der Waals surface area contributed by atoms with E-state index in [1.807, 2.05) is 6.07 Å². The van der Waals surface area contributed by atoms with Crippen molar-refractivity contribution in [3.8, 4) is 10.7 Å². The lowest BCUT2D eigenvalue weighted by atomic mass is 10.3. The van der Waals surface area contributed by atoms with Crippen LogP contribution >= 0.6 is 23.6 Å². The summed E-state index contributed by atoms with van der Waals surface area (Å²) in [6.07, 6.45) is 0.947. The first-order chi connectivity index (χ1) is 6.29. The molecule has 2 aromatic heterocycles. The molecule has 6 heteroatoms. The summed E-state index contributed by atoms with van der Waals surface area (Å²) in [7, 11) is 0. The molecule has 0 aliphatic heterocycles. The first-order valence-electron chi connectivity index (χ1n) is 3.89. The van der Waals surface area contributed by atoms with Crippen LogP contribution in [0.5, 0.6) is 0 Å². The van der Waals surface area contributed by atoms with Gasteiger partial charge in [-0.05, 0) is 24.7 Å². The summed E-state index contributed by atoms with van der Waals surface area (Å²) in [5.41, 5.74) is 1.96. The Balaban J connectivity index is 2.40. The molecule has 0 spiro atoms. The SMILES string of the molecule is CCc1cc(-c2n[nH]c(=S)s2)n[nH]1. The molecule has 0 aliphatic rings. The highest BCUT2D eigenvalue weighted by atomic mass is 32.1. The lowest BCUT2D eigenvalue weighted by molar-refractivity contribution is 0.973. The molecule has 0 fully saturated rings. The van der Waals surface area contributed by atoms with Crippen molar-refractivity contribution in [3.05, 3.63) is 15.7 Å². The second-order valence-electron chi connectivity index (χ2n) is 2.55. The highest BCUT2D eigenvalue weighted by Gasteiger charge is 2.05. The molecule has 0 aliphatic carbocycles. The minimum absolute atomic E-state index is 0.677. The molecule has 0 aromatic carbocycles. The summed E-state index contributed by atoms with van der Waals surface area (Å²) in [4.78, 5) is 0. The molecule has 0 saturated heterocycles. The molecular formula is C7H8N4S2. The Bertz CT molecular complexity index is 453. The third kappa shape index (κ3) is 1.68. The number of rotatable bonds is 2. The predicted octanol–water partition coefficient (Wildman–Crippen LogP) is 2.15. The maximum Gasteiger partial charge on any atom is 0.176 e. The minimum Gasteiger partial charge on any atom is -0.282 e. The number of hydrogen-bond donors (Lipinski definition) is 2. The van der Waals surface area contributed by atoms with Gasteiger partial charge in [0.15, 0.2) is 8.96 Å². The fourth-order valence-corrected chi connectivity index (χ4v) is 1.84. The van der Waals surface area contributed by atoms with Gasteiger partial charge in [-0.1, -0.05) is 18.3 Å². The van der Waals surface area contributed by atoms with Crippen molar-refractivity contribution in [1.82, 2.24) is 20.4 Å². The molecule has 2 aromatic rings. The van der Waals surface area contributed by atoms with Gasteiger partial charge < -0.3 is 0 Å². The van der Waals surface area contributed by atoms with Gasteiger partial charge in [-0.15, -0.1) is 0 Å². The molecule has 0 unspecified atom stereocenters. The number of aromatic amines is 2. The maximum absolute atomic E-state index is 4.93. The average Bonchev–Trinajstić information content (AvgIpc) is 2.71. The van der Waals surface area contributed by atoms with E-state index in [0.717, 1.165) is 22.8 Å². The molecule has 13 heavy (non-hydrogen) atoms. The lowest BCUT2D eigenvalue weighted by Gasteiger charge is -1.82. The van der Waals surface area contributed by atoms with Crippen LogP contribution in [0.4, 0.5) is 0 Å². The molecule has 2 heterocycles. The Morgan fingerprint density at radius 2 is 2.31 bits per heavy atom. The Kier molecular flexibility index (Phi) is 2.24. The van der Waals surface area contributed by atoms with E-state index in [4.69, 9.17) is 12.2 Å². The number of hydrogen-bond acceptors (Lipinski definition) is 4. The standard InChI is InChI=1S/C7H8N4S2/c1-2-4-3-5(9-8-4)6-10-11-7(12)13-6/h3H,2H2,1H3,(H,8,9)(H,11,12). The lowest BCUT2D eigenvalue weighted by Crippen LogP contribution is -1.76. The Morgan fingerprint density at radius 3 is 2.85 bits per heavy atom. The van der Waals surface area contributed by atoms with Crippen LogP contribution in [0.25, 0.3) is 10.7 Å². The number of aromatic nitrogens is 4. The molecule has 4 nitrogen and oxygen atoms in total. The Hall–Kier alpha value is -1.01. The zero-order valence-electron chi connectivity index (χ0n) is 7.00. The highest BCUT2D eigenvalue weighted by molar-refractivity contribution is 7.73. The molecule has 0 radical (unpaired) electrons. The van der Waals surface area contributed by atoms with Crippen molar-refractivity contribution >= 4 is 23.6 Å². The summed E-state index contributed by atoms with van der Waals surface area (Å²) >= 11 is 6.36. The molecule has 0 saturated carbocycles. The second-order valence-corrected chi connectivity index (χ2v) is 4.22. The van der Waals surface area contributed by atoms with Crippen LogP contribution in [0, 0.1) is 3.95 Å². The van der Waals surface area contributed by atoms with Gasteiger partial charge in [-0.25, -0.2) is 0 Å². The first kappa shape index (κ1) is 8.58. The van der Waals surface area contributed by atoms with Gasteiger partial charge in [0.1, 0.15) is 5.69 Å². The van der Waals surface area contributed by atoms with E-state index >= 15 is 0 Å². The van der Waals surface area contributed by atoms with Gasteiger partial charge in [0.25, 0.3) is 0 Å². The van der Waals surface area contributed by atoms with Crippen LogP contribution < -0.4 is 0 Å². The van der Waals surface area contributed by atoms with Crippen LogP contribution in [0.1, 0.15) is 12.6 Å². The van der Waals surface area contributed by atoms with Crippen LogP contribution in [0.15, 0.2) is 6.07 Å². The van der Waals surface area contributed by atoms with E-state index in [9.17, 15) is 0 Å². The normalized spacial score (nSPS) is 10.5. The smallest absolute Gasteiger partial charge is 0.176 e. The van der Waals surface area contributed by atoms with Gasteiger partial charge in [-0.3, -0.25) is 10.2 Å². The summed E-state index contributed by atoms with van der Waals surface area (Å²) in [6, 6.07) is 1.99. The van der Waals surface area contributed by atoms with E-state index < -0.39 is 0 Å². The van der Waals surface area contributed by atoms with Gasteiger partial charge in [0, 0.05) is 5.69 Å². The fraction of sp³-hybridized carbons (Fsp3) is 0.286. The number of H-pyrrole nitrogens is 2. The van der Waals surface area contributed by atoms with Crippen molar-refractivity contribution in [2.75, 3.05) is 0 Å². The second kappa shape index (κ2) is 3.39. The topological polar surface area (TPSA) is 57.4 Å². The fourth-order valence-electron chi connectivity index (χ4n) is 0.992. The van der Waals surface area contributed by atoms with E-state index in [1.54, 1.807) is 0 Å². The Labute approximate surface area is 84.0 Å². The zero-order chi connectivity index (χ0) is 9.26. The van der Waals surface area contributed by atoms with E-state index in [-0.39, 0.29) is 0 Å². The number of nitrogens with zero attached hydrogens (tertiary/aromatic N) is 2.